The molecule has 0 aliphatic heterocycles. The summed E-state index contributed by atoms with van der Waals surface area (Å²) < 4.78 is 13.3. The number of nitrogens with zero attached hydrogens (tertiary/aromatic N) is 4. The fourth-order valence-electron chi connectivity index (χ4n) is 3.66. The van der Waals surface area contributed by atoms with Gasteiger partial charge >= 0.3 is 5.97 Å². The molecule has 0 atom stereocenters. The zero-order chi connectivity index (χ0) is 20.8. The van der Waals surface area contributed by atoms with E-state index in [0.717, 1.165) is 35.2 Å². The number of furan rings is 1. The highest BCUT2D eigenvalue weighted by Crippen LogP contribution is 2.41. The maximum Gasteiger partial charge on any atom is 0.373 e. The maximum absolute atomic E-state index is 13.4. The highest BCUT2D eigenvalue weighted by atomic mass is 16.5. The Bertz CT molecular complexity index is 1330. The summed E-state index contributed by atoms with van der Waals surface area (Å²) in [6, 6.07) is 11.0. The van der Waals surface area contributed by atoms with E-state index < -0.39 is 5.97 Å². The molecule has 0 saturated heterocycles. The van der Waals surface area contributed by atoms with Crippen LogP contribution in [0.25, 0.3) is 16.6 Å². The number of carbonyl (C=O) groups is 1. The third kappa shape index (κ3) is 3.01. The lowest BCUT2D eigenvalue weighted by Crippen LogP contribution is -2.26. The first-order chi connectivity index (χ1) is 14.6. The number of hydrogen-bond acceptors (Lipinski definition) is 6. The zero-order valence-corrected chi connectivity index (χ0v) is 16.7. The van der Waals surface area contributed by atoms with Crippen LogP contribution >= 0.6 is 0 Å². The van der Waals surface area contributed by atoms with Crippen molar-refractivity contribution in [2.24, 2.45) is 0 Å². The summed E-state index contributed by atoms with van der Waals surface area (Å²) in [6.07, 6.45) is 3.82. The molecule has 0 bridgehead atoms. The maximum atomic E-state index is 13.4. The van der Waals surface area contributed by atoms with E-state index in [1.807, 2.05) is 31.2 Å². The number of rotatable bonds is 5. The second-order valence-electron chi connectivity index (χ2n) is 7.48. The van der Waals surface area contributed by atoms with Gasteiger partial charge in [0, 0.05) is 11.3 Å². The molecule has 1 aliphatic rings. The first kappa shape index (κ1) is 18.4. The number of benzene rings is 1. The van der Waals surface area contributed by atoms with Crippen molar-refractivity contribution in [1.29, 1.82) is 0 Å². The van der Waals surface area contributed by atoms with Crippen molar-refractivity contribution >= 4 is 16.9 Å². The lowest BCUT2D eigenvalue weighted by Gasteiger charge is -2.10. The van der Waals surface area contributed by atoms with Crippen LogP contribution in [-0.4, -0.2) is 32.6 Å². The summed E-state index contributed by atoms with van der Waals surface area (Å²) in [5.74, 6) is 0.312. The standard InChI is InChI=1S/C22H20N4O4/c1-13-5-3-4-6-17(13)26-20-16(11-23-26)19(14-7-8-14)24-25(21(20)27)12-15-9-10-18(30-15)22(28)29-2/h3-6,9-11,14H,7-8,12H2,1-2H3. The molecule has 0 unspecified atom stereocenters. The number of carbonyl (C=O) groups excluding carboxylic acids is 1. The Balaban J connectivity index is 1.66. The molecule has 5 rings (SSSR count). The molecule has 30 heavy (non-hydrogen) atoms. The third-order valence-electron chi connectivity index (χ3n) is 5.37. The predicted molar refractivity (Wildman–Crippen MR) is 109 cm³/mol. The van der Waals surface area contributed by atoms with Crippen LogP contribution in [0, 0.1) is 6.92 Å². The molecule has 1 aliphatic carbocycles. The summed E-state index contributed by atoms with van der Waals surface area (Å²) in [7, 11) is 1.29. The predicted octanol–water partition coefficient (Wildman–Crippen LogP) is 3.20. The van der Waals surface area contributed by atoms with Gasteiger partial charge in [-0.25, -0.2) is 14.2 Å². The average Bonchev–Trinajstić information content (AvgIpc) is 3.32. The van der Waals surface area contributed by atoms with Gasteiger partial charge in [-0.05, 0) is 43.5 Å². The van der Waals surface area contributed by atoms with Gasteiger partial charge < -0.3 is 9.15 Å². The number of hydrogen-bond donors (Lipinski definition) is 0. The highest BCUT2D eigenvalue weighted by Gasteiger charge is 2.30. The lowest BCUT2D eigenvalue weighted by molar-refractivity contribution is 0.0562. The Labute approximate surface area is 171 Å². The van der Waals surface area contributed by atoms with E-state index in [1.54, 1.807) is 16.9 Å². The molecule has 8 nitrogen and oxygen atoms in total. The van der Waals surface area contributed by atoms with Gasteiger partial charge in [0.05, 0.1) is 24.7 Å². The Hall–Kier alpha value is -3.68. The van der Waals surface area contributed by atoms with Crippen molar-refractivity contribution in [2.45, 2.75) is 32.2 Å². The van der Waals surface area contributed by atoms with Gasteiger partial charge in [0.2, 0.25) is 5.76 Å². The van der Waals surface area contributed by atoms with Gasteiger partial charge in [-0.1, -0.05) is 18.2 Å². The van der Waals surface area contributed by atoms with Crippen LogP contribution in [0.4, 0.5) is 0 Å². The molecule has 4 aromatic rings. The first-order valence-electron chi connectivity index (χ1n) is 9.78. The summed E-state index contributed by atoms with van der Waals surface area (Å²) >= 11 is 0. The normalized spacial score (nSPS) is 13.7. The smallest absolute Gasteiger partial charge is 0.373 e. The summed E-state index contributed by atoms with van der Waals surface area (Å²) in [4.78, 5) is 25.1. The van der Waals surface area contributed by atoms with Crippen LogP contribution in [0.2, 0.25) is 0 Å². The van der Waals surface area contributed by atoms with Crippen LogP contribution in [0.15, 0.2) is 51.8 Å². The van der Waals surface area contributed by atoms with Crippen molar-refractivity contribution in [1.82, 2.24) is 19.6 Å². The zero-order valence-electron chi connectivity index (χ0n) is 16.7. The van der Waals surface area contributed by atoms with Crippen molar-refractivity contribution < 1.29 is 13.9 Å². The fourth-order valence-corrected chi connectivity index (χ4v) is 3.66. The summed E-state index contributed by atoms with van der Waals surface area (Å²) in [6.45, 7) is 2.10. The minimum Gasteiger partial charge on any atom is -0.463 e. The average molecular weight is 404 g/mol. The monoisotopic (exact) mass is 404 g/mol. The van der Waals surface area contributed by atoms with Gasteiger partial charge in [-0.3, -0.25) is 4.79 Å². The second kappa shape index (κ2) is 6.98. The number of aryl methyl sites for hydroxylation is 1. The molecular weight excluding hydrogens is 384 g/mol. The van der Waals surface area contributed by atoms with E-state index in [2.05, 4.69) is 14.9 Å². The van der Waals surface area contributed by atoms with Crippen molar-refractivity contribution in [3.05, 3.63) is 75.7 Å². The number of esters is 1. The van der Waals surface area contributed by atoms with Crippen LogP contribution in [0.1, 0.15) is 46.3 Å². The Kier molecular flexibility index (Phi) is 4.27. The third-order valence-corrected chi connectivity index (χ3v) is 5.37. The van der Waals surface area contributed by atoms with Gasteiger partial charge in [0.1, 0.15) is 17.8 Å². The molecule has 0 N–H and O–H groups in total. The lowest BCUT2D eigenvalue weighted by atomic mass is 10.2. The minimum atomic E-state index is -0.562. The summed E-state index contributed by atoms with van der Waals surface area (Å²) in [5.41, 5.74) is 3.00. The molecular formula is C22H20N4O4. The number of aromatic nitrogens is 4. The van der Waals surface area contributed by atoms with Gasteiger partial charge in [-0.15, -0.1) is 0 Å². The Morgan fingerprint density at radius 3 is 2.77 bits per heavy atom. The number of methoxy groups -OCH3 is 1. The molecule has 3 aromatic heterocycles. The van der Waals surface area contributed by atoms with Crippen LogP contribution in [0.3, 0.4) is 0 Å². The van der Waals surface area contributed by atoms with Crippen molar-refractivity contribution in [3.63, 3.8) is 0 Å². The second-order valence-corrected chi connectivity index (χ2v) is 7.48. The van der Waals surface area contributed by atoms with Crippen LogP contribution in [-0.2, 0) is 11.3 Å². The topological polar surface area (TPSA) is 92.2 Å². The number of fused-ring (bicyclic) bond motifs is 1. The van der Waals surface area contributed by atoms with E-state index in [0.29, 0.717) is 17.2 Å². The molecule has 0 amide bonds. The molecule has 0 radical (unpaired) electrons. The molecule has 0 spiro atoms. The molecule has 1 aromatic carbocycles. The fraction of sp³-hybridized carbons (Fsp3) is 0.273. The van der Waals surface area contributed by atoms with E-state index >= 15 is 0 Å². The Morgan fingerprint density at radius 1 is 1.23 bits per heavy atom. The van der Waals surface area contributed by atoms with E-state index in [4.69, 9.17) is 4.42 Å². The first-order valence-corrected chi connectivity index (χ1v) is 9.78. The molecule has 3 heterocycles. The highest BCUT2D eigenvalue weighted by molar-refractivity contribution is 5.86. The Morgan fingerprint density at radius 2 is 2.03 bits per heavy atom. The van der Waals surface area contributed by atoms with Crippen molar-refractivity contribution in [2.75, 3.05) is 7.11 Å². The summed E-state index contributed by atoms with van der Waals surface area (Å²) in [5, 5.41) is 9.95. The van der Waals surface area contributed by atoms with Crippen molar-refractivity contribution in [3.8, 4) is 5.69 Å². The number of ether oxygens (including phenoxy) is 1. The van der Waals surface area contributed by atoms with Gasteiger partial charge in [0.25, 0.3) is 5.56 Å². The van der Waals surface area contributed by atoms with E-state index in [-0.39, 0.29) is 17.9 Å². The molecule has 1 fully saturated rings. The van der Waals surface area contributed by atoms with E-state index in [9.17, 15) is 9.59 Å². The van der Waals surface area contributed by atoms with E-state index in [1.165, 1.54) is 17.9 Å². The van der Waals surface area contributed by atoms with Gasteiger partial charge in [-0.2, -0.15) is 10.2 Å². The van der Waals surface area contributed by atoms with Crippen LogP contribution < -0.4 is 5.56 Å². The largest absolute Gasteiger partial charge is 0.463 e. The number of para-hydroxylation sites is 1. The SMILES string of the molecule is COC(=O)c1ccc(Cn2nc(C3CC3)c3cnn(-c4ccccc4C)c3c2=O)o1. The van der Waals surface area contributed by atoms with Gasteiger partial charge in [0.15, 0.2) is 0 Å². The molecule has 1 saturated carbocycles. The quantitative estimate of drug-likeness (QED) is 0.474. The van der Waals surface area contributed by atoms with Crippen LogP contribution in [0.5, 0.6) is 0 Å². The molecule has 152 valence electrons. The minimum absolute atomic E-state index is 0.0917. The molecule has 8 heteroatoms.